The van der Waals surface area contributed by atoms with Gasteiger partial charge in [0, 0.05) is 82.0 Å². The first-order valence-corrected chi connectivity index (χ1v) is 14.1. The van der Waals surface area contributed by atoms with Crippen LogP contribution in [-0.2, 0) is 24.9 Å². The van der Waals surface area contributed by atoms with E-state index >= 15 is 0 Å². The molecule has 9 heteroatoms. The zero-order valence-electron chi connectivity index (χ0n) is 12.0. The molecular formula is C14H15I2N2OPS3. The lowest BCUT2D eigenvalue weighted by Gasteiger charge is -2.22. The summed E-state index contributed by atoms with van der Waals surface area (Å²) in [5, 5.41) is 0. The highest BCUT2D eigenvalue weighted by molar-refractivity contribution is 14.1. The molecule has 0 aromatic heterocycles. The fourth-order valence-electron chi connectivity index (χ4n) is 1.75. The lowest BCUT2D eigenvalue weighted by atomic mass is 10.2. The second kappa shape index (κ2) is 10.3. The Kier molecular flexibility index (Phi) is 9.17. The molecule has 0 saturated carbocycles. The maximum atomic E-state index is 10.6. The van der Waals surface area contributed by atoms with Gasteiger partial charge in [0.15, 0.2) is 0 Å². The standard InChI is InChI=1S/C14H15I2N2OPS3/c15-17(11-13-7-3-1-4-8-13)22-20(19,21)23-18(16)12-14-9-5-2-6-10-14/h1-10H,11-12H2,(H,19,21). The van der Waals surface area contributed by atoms with E-state index in [1.54, 1.807) is 0 Å². The van der Waals surface area contributed by atoms with Crippen LogP contribution in [0.25, 0.3) is 0 Å². The van der Waals surface area contributed by atoms with Crippen molar-refractivity contribution in [3.05, 3.63) is 71.8 Å². The van der Waals surface area contributed by atoms with Gasteiger partial charge in [-0.15, -0.1) is 0 Å². The van der Waals surface area contributed by atoms with Crippen LogP contribution in [0.1, 0.15) is 11.1 Å². The highest BCUT2D eigenvalue weighted by Gasteiger charge is 2.23. The summed E-state index contributed by atoms with van der Waals surface area (Å²) in [6.45, 7) is 1.48. The Morgan fingerprint density at radius 2 is 1.17 bits per heavy atom. The molecule has 2 aromatic carbocycles. The van der Waals surface area contributed by atoms with Crippen LogP contribution in [0.5, 0.6) is 0 Å². The number of nitrogens with zero attached hydrogens (tertiary/aromatic N) is 2. The molecule has 0 saturated heterocycles. The maximum Gasteiger partial charge on any atom is 0.203 e. The molecule has 0 fully saturated rings. The van der Waals surface area contributed by atoms with Gasteiger partial charge in [0.1, 0.15) is 0 Å². The van der Waals surface area contributed by atoms with Crippen molar-refractivity contribution in [1.82, 2.24) is 5.04 Å². The molecule has 3 nitrogen and oxygen atoms in total. The fourth-order valence-corrected chi connectivity index (χ4v) is 17.3. The third kappa shape index (κ3) is 8.37. The lowest BCUT2D eigenvalue weighted by Crippen LogP contribution is -2.03. The topological polar surface area (TPSA) is 26.7 Å². The minimum absolute atomic E-state index is 0.742. The highest BCUT2D eigenvalue weighted by Crippen LogP contribution is 2.69. The lowest BCUT2D eigenvalue weighted by molar-refractivity contribution is 0.650. The number of hydrogen-bond donors (Lipinski definition) is 1. The summed E-state index contributed by atoms with van der Waals surface area (Å²) < 4.78 is 1.38. The first-order valence-electron chi connectivity index (χ1n) is 6.61. The van der Waals surface area contributed by atoms with Crippen molar-refractivity contribution in [3.63, 3.8) is 0 Å². The van der Waals surface area contributed by atoms with Gasteiger partial charge in [-0.2, -0.15) is 5.04 Å². The average Bonchev–Trinajstić information content (AvgIpc) is 2.47. The molecule has 0 aliphatic carbocycles. The molecule has 2 aromatic rings. The fraction of sp³-hybridized carbons (Fsp3) is 0.143. The maximum absolute atomic E-state index is 10.6. The summed E-state index contributed by atoms with van der Waals surface area (Å²) in [7, 11) is 0. The van der Waals surface area contributed by atoms with E-state index in [0.717, 1.165) is 13.1 Å². The largest absolute Gasteiger partial charge is 0.348 e. The number of benzene rings is 2. The van der Waals surface area contributed by atoms with Crippen molar-refractivity contribution in [1.29, 1.82) is 0 Å². The molecule has 1 N–H and O–H groups in total. The Labute approximate surface area is 178 Å². The van der Waals surface area contributed by atoms with E-state index in [2.05, 4.69) is 70.0 Å². The van der Waals surface area contributed by atoms with Crippen LogP contribution < -0.4 is 0 Å². The van der Waals surface area contributed by atoms with E-state index < -0.39 is 4.67 Å². The molecule has 0 amide bonds. The summed E-state index contributed by atoms with van der Waals surface area (Å²) in [5.74, 6) is 0. The van der Waals surface area contributed by atoms with Crippen LogP contribution in [0.15, 0.2) is 60.7 Å². The Morgan fingerprint density at radius 1 is 0.826 bits per heavy atom. The molecular weight excluding hydrogens is 593 g/mol. The number of hydrogen-bond acceptors (Lipinski definition) is 5. The predicted octanol–water partition coefficient (Wildman–Crippen LogP) is 6.20. The van der Waals surface area contributed by atoms with Crippen LogP contribution in [0.3, 0.4) is 0 Å². The van der Waals surface area contributed by atoms with Gasteiger partial charge < -0.3 is 4.89 Å². The molecule has 0 radical (unpaired) electrons. The summed E-state index contributed by atoms with van der Waals surface area (Å²) >= 11 is 12.5. The van der Waals surface area contributed by atoms with Crippen LogP contribution in [0.4, 0.5) is 0 Å². The molecule has 0 atom stereocenters. The molecule has 0 unspecified atom stereocenters. The minimum Gasteiger partial charge on any atom is -0.348 e. The summed E-state index contributed by atoms with van der Waals surface area (Å²) in [4.78, 5) is 10.6. The molecule has 124 valence electrons. The van der Waals surface area contributed by atoms with Crippen molar-refractivity contribution in [2.24, 2.45) is 0 Å². The van der Waals surface area contributed by atoms with E-state index in [4.69, 9.17) is 11.8 Å². The molecule has 0 heterocycles. The highest BCUT2D eigenvalue weighted by atomic mass is 127. The van der Waals surface area contributed by atoms with E-state index in [-0.39, 0.29) is 0 Å². The molecule has 0 aliphatic heterocycles. The van der Waals surface area contributed by atoms with E-state index in [1.807, 2.05) is 41.4 Å². The molecule has 0 aliphatic rings. The minimum atomic E-state index is -2.58. The van der Waals surface area contributed by atoms with E-state index in [9.17, 15) is 4.89 Å². The van der Waals surface area contributed by atoms with Crippen LogP contribution in [-0.4, -0.2) is 9.93 Å². The summed E-state index contributed by atoms with van der Waals surface area (Å²) in [6, 6.07) is 20.3. The van der Waals surface area contributed by atoms with Crippen molar-refractivity contribution in [2.45, 2.75) is 13.1 Å². The van der Waals surface area contributed by atoms with Crippen molar-refractivity contribution in [3.8, 4) is 0 Å². The Balaban J connectivity index is 1.84. The molecule has 2 rings (SSSR count). The SMILES string of the molecule is OP(=S)(SN(I)Cc1ccccc1)SN(I)Cc1ccccc1. The Morgan fingerprint density at radius 3 is 1.52 bits per heavy atom. The van der Waals surface area contributed by atoms with Crippen molar-refractivity contribution in [2.75, 3.05) is 0 Å². The van der Waals surface area contributed by atoms with Crippen LogP contribution in [0, 0.1) is 0 Å². The first-order chi connectivity index (χ1) is 10.9. The average molecular weight is 608 g/mol. The Bertz CT molecular complexity index is 597. The first kappa shape index (κ1) is 20.4. The van der Waals surface area contributed by atoms with Gasteiger partial charge in [-0.25, -0.2) is 0 Å². The van der Waals surface area contributed by atoms with E-state index in [1.165, 1.54) is 34.3 Å². The van der Waals surface area contributed by atoms with Crippen LogP contribution >= 0.6 is 73.5 Å². The summed E-state index contributed by atoms with van der Waals surface area (Å²) in [5.41, 5.74) is 2.40. The number of rotatable bonds is 8. The Hall–Kier alpha value is 1.13. The monoisotopic (exact) mass is 608 g/mol. The van der Waals surface area contributed by atoms with Gasteiger partial charge in [-0.1, -0.05) is 60.7 Å². The van der Waals surface area contributed by atoms with Gasteiger partial charge >= 0.3 is 0 Å². The zero-order chi connectivity index (χ0) is 16.7. The second-order valence-corrected chi connectivity index (χ2v) is 18.2. The van der Waals surface area contributed by atoms with Crippen molar-refractivity contribution < 1.29 is 4.89 Å². The third-order valence-corrected chi connectivity index (χ3v) is 12.3. The van der Waals surface area contributed by atoms with Gasteiger partial charge in [-0.3, -0.25) is 0 Å². The predicted molar refractivity (Wildman–Crippen MR) is 124 cm³/mol. The zero-order valence-corrected chi connectivity index (χ0v) is 19.6. The summed E-state index contributed by atoms with van der Waals surface area (Å²) in [6.07, 6.45) is 0. The second-order valence-electron chi connectivity index (χ2n) is 4.55. The number of halogens is 2. The van der Waals surface area contributed by atoms with Crippen LogP contribution in [0.2, 0.25) is 0 Å². The van der Waals surface area contributed by atoms with Gasteiger partial charge in [0.2, 0.25) is 4.67 Å². The molecule has 0 bridgehead atoms. The van der Waals surface area contributed by atoms with Gasteiger partial charge in [0.25, 0.3) is 0 Å². The van der Waals surface area contributed by atoms with Gasteiger partial charge in [0.05, 0.1) is 0 Å². The smallest absolute Gasteiger partial charge is 0.203 e. The molecule has 0 spiro atoms. The quantitative estimate of drug-likeness (QED) is 0.166. The normalized spacial score (nSPS) is 12.0. The van der Waals surface area contributed by atoms with Crippen molar-refractivity contribution >= 4 is 85.3 Å². The van der Waals surface area contributed by atoms with Gasteiger partial charge in [-0.05, 0) is 22.9 Å². The molecule has 23 heavy (non-hydrogen) atoms. The third-order valence-electron chi connectivity index (χ3n) is 2.68. The van der Waals surface area contributed by atoms with E-state index in [0.29, 0.717) is 0 Å².